The first-order chi connectivity index (χ1) is 9.06. The number of hydrogen-bond donors (Lipinski definition) is 2. The van der Waals surface area contributed by atoms with E-state index in [2.05, 4.69) is 19.2 Å². The average molecular weight is 301 g/mol. The Bertz CT molecular complexity index is 393. The molecule has 1 unspecified atom stereocenters. The van der Waals surface area contributed by atoms with Crippen LogP contribution in [-0.4, -0.2) is 25.6 Å². The van der Waals surface area contributed by atoms with Gasteiger partial charge in [-0.15, -0.1) is 12.4 Å². The summed E-state index contributed by atoms with van der Waals surface area (Å²) in [6.45, 7) is 5.26. The van der Waals surface area contributed by atoms with Gasteiger partial charge in [-0.1, -0.05) is 26.0 Å². The number of benzene rings is 1. The molecule has 0 radical (unpaired) electrons. The molecule has 0 aromatic heterocycles. The second-order valence-electron chi connectivity index (χ2n) is 5.17. The molecule has 3 N–H and O–H groups in total. The lowest BCUT2D eigenvalue weighted by atomic mass is 10.0. The molecule has 4 nitrogen and oxygen atoms in total. The predicted molar refractivity (Wildman–Crippen MR) is 84.2 cm³/mol. The Labute approximate surface area is 127 Å². The van der Waals surface area contributed by atoms with Crippen molar-refractivity contribution in [3.63, 3.8) is 0 Å². The van der Waals surface area contributed by atoms with Crippen LogP contribution in [0.4, 0.5) is 0 Å². The molecule has 0 aliphatic heterocycles. The summed E-state index contributed by atoms with van der Waals surface area (Å²) in [7, 11) is 1.65. The van der Waals surface area contributed by atoms with E-state index in [1.807, 2.05) is 24.3 Å². The van der Waals surface area contributed by atoms with Gasteiger partial charge in [-0.2, -0.15) is 0 Å². The van der Waals surface area contributed by atoms with Crippen molar-refractivity contribution in [1.29, 1.82) is 0 Å². The van der Waals surface area contributed by atoms with E-state index in [1.165, 1.54) is 0 Å². The third-order valence-corrected chi connectivity index (χ3v) is 2.90. The SMILES string of the molecule is COCc1ccc(C(=O)NC(CN)CC(C)C)cc1.Cl. The van der Waals surface area contributed by atoms with E-state index in [0.717, 1.165) is 12.0 Å². The fourth-order valence-corrected chi connectivity index (χ4v) is 1.97. The maximum absolute atomic E-state index is 12.1. The minimum atomic E-state index is -0.0694. The molecule has 0 aliphatic carbocycles. The summed E-state index contributed by atoms with van der Waals surface area (Å²) >= 11 is 0. The van der Waals surface area contributed by atoms with Crippen molar-refractivity contribution in [2.75, 3.05) is 13.7 Å². The summed E-state index contributed by atoms with van der Waals surface area (Å²) < 4.78 is 5.04. The monoisotopic (exact) mass is 300 g/mol. The van der Waals surface area contributed by atoms with Crippen LogP contribution in [0.5, 0.6) is 0 Å². The van der Waals surface area contributed by atoms with Crippen molar-refractivity contribution in [1.82, 2.24) is 5.32 Å². The number of carbonyl (C=O) groups excluding carboxylic acids is 1. The van der Waals surface area contributed by atoms with Gasteiger partial charge in [-0.25, -0.2) is 0 Å². The number of rotatable bonds is 7. The molecular weight excluding hydrogens is 276 g/mol. The molecule has 1 rings (SSSR count). The van der Waals surface area contributed by atoms with Gasteiger partial charge in [0.05, 0.1) is 6.61 Å². The van der Waals surface area contributed by atoms with Crippen LogP contribution in [0.15, 0.2) is 24.3 Å². The second-order valence-corrected chi connectivity index (χ2v) is 5.17. The Morgan fingerprint density at radius 3 is 2.35 bits per heavy atom. The smallest absolute Gasteiger partial charge is 0.251 e. The molecule has 1 aromatic rings. The van der Waals surface area contributed by atoms with E-state index >= 15 is 0 Å². The Morgan fingerprint density at radius 2 is 1.90 bits per heavy atom. The second kappa shape index (κ2) is 9.75. The molecule has 114 valence electrons. The summed E-state index contributed by atoms with van der Waals surface area (Å²) in [4.78, 5) is 12.1. The van der Waals surface area contributed by atoms with Crippen molar-refractivity contribution < 1.29 is 9.53 Å². The molecule has 1 aromatic carbocycles. The molecule has 0 saturated heterocycles. The minimum Gasteiger partial charge on any atom is -0.380 e. The van der Waals surface area contributed by atoms with Crippen molar-refractivity contribution in [3.05, 3.63) is 35.4 Å². The van der Waals surface area contributed by atoms with Crippen LogP contribution in [0.3, 0.4) is 0 Å². The van der Waals surface area contributed by atoms with Gasteiger partial charge < -0.3 is 15.8 Å². The van der Waals surface area contributed by atoms with Gasteiger partial charge in [0.2, 0.25) is 0 Å². The third kappa shape index (κ3) is 6.37. The molecule has 5 heteroatoms. The highest BCUT2D eigenvalue weighted by Crippen LogP contribution is 2.08. The average Bonchev–Trinajstić information content (AvgIpc) is 2.38. The van der Waals surface area contributed by atoms with E-state index in [0.29, 0.717) is 24.6 Å². The highest BCUT2D eigenvalue weighted by Gasteiger charge is 2.13. The number of hydrogen-bond acceptors (Lipinski definition) is 3. The fourth-order valence-electron chi connectivity index (χ4n) is 1.97. The van der Waals surface area contributed by atoms with Crippen LogP contribution >= 0.6 is 12.4 Å². The lowest BCUT2D eigenvalue weighted by molar-refractivity contribution is 0.0933. The molecule has 1 amide bonds. The molecule has 0 bridgehead atoms. The van der Waals surface area contributed by atoms with Crippen LogP contribution in [0.25, 0.3) is 0 Å². The highest BCUT2D eigenvalue weighted by atomic mass is 35.5. The number of nitrogens with two attached hydrogens (primary N) is 1. The first kappa shape index (κ1) is 18.9. The summed E-state index contributed by atoms with van der Waals surface area (Å²) in [5.74, 6) is 0.443. The topological polar surface area (TPSA) is 64.3 Å². The maximum atomic E-state index is 12.1. The largest absolute Gasteiger partial charge is 0.380 e. The first-order valence-corrected chi connectivity index (χ1v) is 6.65. The number of carbonyl (C=O) groups is 1. The Morgan fingerprint density at radius 1 is 1.30 bits per heavy atom. The zero-order valence-electron chi connectivity index (χ0n) is 12.4. The summed E-state index contributed by atoms with van der Waals surface area (Å²) in [5, 5.41) is 2.97. The van der Waals surface area contributed by atoms with Crippen LogP contribution in [0.1, 0.15) is 36.2 Å². The van der Waals surface area contributed by atoms with E-state index in [4.69, 9.17) is 10.5 Å². The lowest BCUT2D eigenvalue weighted by Crippen LogP contribution is -2.41. The van der Waals surface area contributed by atoms with Gasteiger partial charge in [0.15, 0.2) is 0 Å². The molecule has 0 saturated carbocycles. The van der Waals surface area contributed by atoms with Crippen molar-refractivity contribution >= 4 is 18.3 Å². The van der Waals surface area contributed by atoms with Crippen LogP contribution < -0.4 is 11.1 Å². The lowest BCUT2D eigenvalue weighted by Gasteiger charge is -2.18. The minimum absolute atomic E-state index is 0. The van der Waals surface area contributed by atoms with Gasteiger partial charge >= 0.3 is 0 Å². The molecule has 1 atom stereocenters. The van der Waals surface area contributed by atoms with Gasteiger partial charge in [0.1, 0.15) is 0 Å². The van der Waals surface area contributed by atoms with Gasteiger partial charge in [0, 0.05) is 25.3 Å². The zero-order chi connectivity index (χ0) is 14.3. The highest BCUT2D eigenvalue weighted by molar-refractivity contribution is 5.94. The number of ether oxygens (including phenoxy) is 1. The molecule has 20 heavy (non-hydrogen) atoms. The third-order valence-electron chi connectivity index (χ3n) is 2.90. The molecule has 0 aliphatic rings. The zero-order valence-corrected chi connectivity index (χ0v) is 13.2. The number of methoxy groups -OCH3 is 1. The van der Waals surface area contributed by atoms with Gasteiger partial charge in [-0.3, -0.25) is 4.79 Å². The van der Waals surface area contributed by atoms with Crippen molar-refractivity contribution in [2.45, 2.75) is 32.9 Å². The number of amides is 1. The Balaban J connectivity index is 0.00000361. The van der Waals surface area contributed by atoms with E-state index in [-0.39, 0.29) is 24.4 Å². The molecule has 0 fully saturated rings. The number of nitrogens with one attached hydrogen (secondary N) is 1. The van der Waals surface area contributed by atoms with E-state index < -0.39 is 0 Å². The van der Waals surface area contributed by atoms with Gasteiger partial charge in [0.25, 0.3) is 5.91 Å². The Kier molecular flexibility index (Phi) is 9.21. The summed E-state index contributed by atoms with van der Waals surface area (Å²) in [6, 6.07) is 7.46. The van der Waals surface area contributed by atoms with E-state index in [9.17, 15) is 4.79 Å². The van der Waals surface area contributed by atoms with Crippen LogP contribution in [0, 0.1) is 5.92 Å². The first-order valence-electron chi connectivity index (χ1n) is 6.65. The maximum Gasteiger partial charge on any atom is 0.251 e. The Hall–Kier alpha value is -1.10. The van der Waals surface area contributed by atoms with Crippen molar-refractivity contribution in [3.8, 4) is 0 Å². The van der Waals surface area contributed by atoms with Crippen molar-refractivity contribution in [2.24, 2.45) is 11.7 Å². The molecular formula is C15H25ClN2O2. The van der Waals surface area contributed by atoms with Crippen LogP contribution in [0.2, 0.25) is 0 Å². The predicted octanol–water partition coefficient (Wildman–Crippen LogP) is 2.36. The standard InChI is InChI=1S/C15H24N2O2.ClH/c1-11(2)8-14(9-16)17-15(18)13-6-4-12(5-7-13)10-19-3;/h4-7,11,14H,8-10,16H2,1-3H3,(H,17,18);1H. The summed E-state index contributed by atoms with van der Waals surface area (Å²) in [5.41, 5.74) is 7.39. The summed E-state index contributed by atoms with van der Waals surface area (Å²) in [6.07, 6.45) is 0.893. The van der Waals surface area contributed by atoms with E-state index in [1.54, 1.807) is 7.11 Å². The number of halogens is 1. The normalized spacial score (nSPS) is 11.8. The van der Waals surface area contributed by atoms with Crippen LogP contribution in [-0.2, 0) is 11.3 Å². The van der Waals surface area contributed by atoms with Gasteiger partial charge in [-0.05, 0) is 30.0 Å². The fraction of sp³-hybridized carbons (Fsp3) is 0.533. The molecule has 0 spiro atoms. The quantitative estimate of drug-likeness (QED) is 0.812. The molecule has 0 heterocycles.